The molecule has 2 amide bonds. The van der Waals surface area contributed by atoms with Crippen LogP contribution in [0.25, 0.3) is 0 Å². The minimum absolute atomic E-state index is 0. The van der Waals surface area contributed by atoms with Crippen molar-refractivity contribution in [3.63, 3.8) is 0 Å². The van der Waals surface area contributed by atoms with Gasteiger partial charge in [-0.05, 0) is 0 Å². The van der Waals surface area contributed by atoms with Crippen LogP contribution in [0.15, 0.2) is 0 Å². The molecule has 0 unspecified atom stereocenters. The van der Waals surface area contributed by atoms with Crippen LogP contribution < -0.4 is 5.32 Å². The second-order valence-electron chi connectivity index (χ2n) is 1.47. The topological polar surface area (TPSA) is 46.2 Å². The monoisotopic (exact) mass is 141 g/mol. The molecule has 0 aromatic carbocycles. The molecule has 1 fully saturated rings. The Morgan fingerprint density at radius 2 is 1.50 bits per heavy atom. The van der Waals surface area contributed by atoms with E-state index in [1.807, 2.05) is 0 Å². The summed E-state index contributed by atoms with van der Waals surface area (Å²) < 4.78 is 0. The average Bonchev–Trinajstić information content (AvgIpc) is 1.87. The van der Waals surface area contributed by atoms with E-state index >= 15 is 0 Å². The van der Waals surface area contributed by atoms with Crippen molar-refractivity contribution in [3.8, 4) is 0 Å². The van der Waals surface area contributed by atoms with Gasteiger partial charge in [-0.15, -0.1) is 0 Å². The van der Waals surface area contributed by atoms with Gasteiger partial charge >= 0.3 is 37.7 Å². The van der Waals surface area contributed by atoms with E-state index in [4.69, 9.17) is 0 Å². The van der Waals surface area contributed by atoms with E-state index in [0.29, 0.717) is 12.8 Å². The van der Waals surface area contributed by atoms with Gasteiger partial charge in [-0.3, -0.25) is 14.9 Å². The van der Waals surface area contributed by atoms with Crippen molar-refractivity contribution in [2.45, 2.75) is 12.8 Å². The van der Waals surface area contributed by atoms with Crippen LogP contribution in [-0.4, -0.2) is 49.6 Å². The average molecular weight is 141 g/mol. The first-order valence-electron chi connectivity index (χ1n) is 2.12. The van der Waals surface area contributed by atoms with Crippen LogP contribution >= 0.6 is 0 Å². The normalized spacial score (nSPS) is 17.5. The molecule has 4 heteroatoms. The zero-order valence-corrected chi connectivity index (χ0v) is 3.73. The molecule has 0 saturated carbocycles. The van der Waals surface area contributed by atoms with Crippen LogP contribution in [-0.2, 0) is 9.59 Å². The van der Waals surface area contributed by atoms with Gasteiger partial charge in [0.2, 0.25) is 11.8 Å². The predicted octanol–water partition coefficient (Wildman–Crippen LogP) is -1.49. The third kappa shape index (κ3) is 2.11. The molecule has 3 nitrogen and oxygen atoms in total. The number of nitrogens with one attached hydrogen (secondary N) is 1. The molecule has 0 bridgehead atoms. The Kier molecular flexibility index (Phi) is 3.60. The minimum atomic E-state index is -0.148. The molecule has 42 valence electrons. The van der Waals surface area contributed by atoms with Crippen molar-refractivity contribution in [1.29, 1.82) is 0 Å². The van der Waals surface area contributed by atoms with Crippen molar-refractivity contribution >= 4 is 49.6 Å². The van der Waals surface area contributed by atoms with E-state index in [-0.39, 0.29) is 49.6 Å². The first kappa shape index (κ1) is 8.40. The SMILES string of the molecule is O=C1CCC(=O)N1.[CaH2]. The number of carbonyl (C=O) groups excluding carboxylic acids is 2. The van der Waals surface area contributed by atoms with Gasteiger partial charge in [-0.25, -0.2) is 0 Å². The van der Waals surface area contributed by atoms with E-state index in [0.717, 1.165) is 0 Å². The summed E-state index contributed by atoms with van der Waals surface area (Å²) in [6, 6.07) is 0. The standard InChI is InChI=1S/C4H5NO2.Ca.2H/c6-3-1-2-4(7)5-3;;;/h1-2H2,(H,5,6,7);;;. The summed E-state index contributed by atoms with van der Waals surface area (Å²) in [4.78, 5) is 20.2. The number of rotatable bonds is 0. The van der Waals surface area contributed by atoms with Gasteiger partial charge in [0.1, 0.15) is 0 Å². The van der Waals surface area contributed by atoms with Crippen molar-refractivity contribution in [3.05, 3.63) is 0 Å². The molecule has 0 aromatic heterocycles. The molecule has 8 heavy (non-hydrogen) atoms. The molecule has 0 aromatic rings. The summed E-state index contributed by atoms with van der Waals surface area (Å²) in [6.45, 7) is 0. The van der Waals surface area contributed by atoms with Crippen LogP contribution in [0.1, 0.15) is 12.8 Å². The van der Waals surface area contributed by atoms with Crippen LogP contribution in [0.2, 0.25) is 0 Å². The quantitative estimate of drug-likeness (QED) is 0.330. The molecule has 1 heterocycles. The molecule has 0 spiro atoms. The Bertz CT molecular complexity index is 109. The molecular formula is C4H7CaNO2. The zero-order chi connectivity index (χ0) is 5.28. The molecule has 1 saturated heterocycles. The van der Waals surface area contributed by atoms with Crippen LogP contribution in [0.5, 0.6) is 0 Å². The second-order valence-corrected chi connectivity index (χ2v) is 1.47. The number of amides is 2. The van der Waals surface area contributed by atoms with E-state index < -0.39 is 0 Å². The van der Waals surface area contributed by atoms with Gasteiger partial charge in [0.25, 0.3) is 0 Å². The fourth-order valence-corrected chi connectivity index (χ4v) is 0.508. The van der Waals surface area contributed by atoms with E-state index in [2.05, 4.69) is 5.32 Å². The van der Waals surface area contributed by atoms with Gasteiger partial charge in [0.15, 0.2) is 0 Å². The summed E-state index contributed by atoms with van der Waals surface area (Å²) >= 11 is 0. The van der Waals surface area contributed by atoms with Gasteiger partial charge in [-0.2, -0.15) is 0 Å². The first-order chi connectivity index (χ1) is 3.29. The summed E-state index contributed by atoms with van der Waals surface area (Å²) in [5.74, 6) is -0.296. The van der Waals surface area contributed by atoms with Gasteiger partial charge in [0, 0.05) is 12.8 Å². The van der Waals surface area contributed by atoms with Crippen molar-refractivity contribution < 1.29 is 9.59 Å². The third-order valence-electron chi connectivity index (χ3n) is 0.858. The number of imide groups is 1. The van der Waals surface area contributed by atoms with Gasteiger partial charge in [0.05, 0.1) is 0 Å². The molecule has 1 aliphatic rings. The maximum atomic E-state index is 10.1. The second kappa shape index (κ2) is 3.43. The molecule has 0 aliphatic carbocycles. The molecule has 0 radical (unpaired) electrons. The van der Waals surface area contributed by atoms with Gasteiger partial charge in [-0.1, -0.05) is 0 Å². The third-order valence-corrected chi connectivity index (χ3v) is 0.858. The zero-order valence-electron chi connectivity index (χ0n) is 3.73. The first-order valence-corrected chi connectivity index (χ1v) is 2.12. The van der Waals surface area contributed by atoms with E-state index in [9.17, 15) is 9.59 Å². The Morgan fingerprint density at radius 1 is 1.12 bits per heavy atom. The maximum absolute atomic E-state index is 10.1. The van der Waals surface area contributed by atoms with E-state index in [1.54, 1.807) is 0 Å². The van der Waals surface area contributed by atoms with Crippen LogP contribution in [0.4, 0.5) is 0 Å². The molecule has 1 aliphatic heterocycles. The molecular weight excluding hydrogens is 134 g/mol. The number of carbonyl (C=O) groups is 2. The van der Waals surface area contributed by atoms with Crippen LogP contribution in [0.3, 0.4) is 0 Å². The Labute approximate surface area is 76.8 Å². The Balaban J connectivity index is 0.000000490. The number of hydrogen-bond donors (Lipinski definition) is 1. The molecule has 0 atom stereocenters. The fraction of sp³-hybridized carbons (Fsp3) is 0.500. The summed E-state index contributed by atoms with van der Waals surface area (Å²) in [6.07, 6.45) is 0.748. The number of hydrogen-bond acceptors (Lipinski definition) is 2. The Hall–Kier alpha value is 0.400. The summed E-state index contributed by atoms with van der Waals surface area (Å²) in [5.41, 5.74) is 0. The van der Waals surface area contributed by atoms with Crippen LogP contribution in [0, 0.1) is 0 Å². The van der Waals surface area contributed by atoms with Gasteiger partial charge < -0.3 is 0 Å². The van der Waals surface area contributed by atoms with Crippen molar-refractivity contribution in [1.82, 2.24) is 5.32 Å². The molecule has 1 rings (SSSR count). The van der Waals surface area contributed by atoms with Crippen molar-refractivity contribution in [2.24, 2.45) is 0 Å². The fourth-order valence-electron chi connectivity index (χ4n) is 0.508. The summed E-state index contributed by atoms with van der Waals surface area (Å²) in [5, 5.41) is 2.14. The Morgan fingerprint density at radius 3 is 1.62 bits per heavy atom. The predicted molar refractivity (Wildman–Crippen MR) is 30.9 cm³/mol. The van der Waals surface area contributed by atoms with Crippen molar-refractivity contribution in [2.75, 3.05) is 0 Å². The molecule has 1 N–H and O–H groups in total. The summed E-state index contributed by atoms with van der Waals surface area (Å²) in [7, 11) is 0. The van der Waals surface area contributed by atoms with E-state index in [1.165, 1.54) is 0 Å².